The summed E-state index contributed by atoms with van der Waals surface area (Å²) in [6.45, 7) is 1.78. The van der Waals surface area contributed by atoms with Crippen molar-refractivity contribution >= 4 is 29.0 Å². The highest BCUT2D eigenvalue weighted by molar-refractivity contribution is 7.10. The molecule has 10 heteroatoms. The number of alkyl halides is 3. The summed E-state index contributed by atoms with van der Waals surface area (Å²) in [7, 11) is 0. The third-order valence-electron chi connectivity index (χ3n) is 6.02. The van der Waals surface area contributed by atoms with Crippen LogP contribution in [0.1, 0.15) is 36.1 Å². The number of carbonyl (C=O) groups excluding carboxylic acids is 2. The number of piperidine rings is 1. The van der Waals surface area contributed by atoms with Gasteiger partial charge in [-0.15, -0.1) is 11.3 Å². The van der Waals surface area contributed by atoms with Gasteiger partial charge in [-0.3, -0.25) is 9.59 Å². The highest BCUT2D eigenvalue weighted by Crippen LogP contribution is 2.30. The zero-order chi connectivity index (χ0) is 22.7. The largest absolute Gasteiger partial charge is 0.417 e. The molecule has 1 atom stereocenters. The quantitative estimate of drug-likeness (QED) is 0.733. The summed E-state index contributed by atoms with van der Waals surface area (Å²) in [5.74, 6) is 0.366. The zero-order valence-electron chi connectivity index (χ0n) is 17.5. The predicted molar refractivity (Wildman–Crippen MR) is 115 cm³/mol. The molecule has 0 aliphatic carbocycles. The molecule has 2 aliphatic heterocycles. The summed E-state index contributed by atoms with van der Waals surface area (Å²) in [4.78, 5) is 34.1. The van der Waals surface area contributed by atoms with Crippen LogP contribution in [0.15, 0.2) is 35.8 Å². The number of rotatable bonds is 5. The van der Waals surface area contributed by atoms with E-state index in [4.69, 9.17) is 0 Å². The minimum atomic E-state index is -4.40. The van der Waals surface area contributed by atoms with Crippen molar-refractivity contribution in [1.29, 1.82) is 0 Å². The van der Waals surface area contributed by atoms with E-state index in [1.165, 1.54) is 17.4 Å². The number of carbonyl (C=O) groups is 2. The van der Waals surface area contributed by atoms with Crippen molar-refractivity contribution in [2.24, 2.45) is 0 Å². The third kappa shape index (κ3) is 5.23. The van der Waals surface area contributed by atoms with Gasteiger partial charge in [-0.05, 0) is 49.3 Å². The third-order valence-corrected chi connectivity index (χ3v) is 6.90. The van der Waals surface area contributed by atoms with E-state index in [-0.39, 0.29) is 17.9 Å². The van der Waals surface area contributed by atoms with Crippen LogP contribution < -0.4 is 10.2 Å². The molecule has 0 radical (unpaired) electrons. The van der Waals surface area contributed by atoms with Crippen LogP contribution in [-0.4, -0.2) is 53.4 Å². The SMILES string of the molecule is O=C(NC1CCN(c2ccc(C(F)(F)F)cn2)CC1)C1CCCN1C(=O)Cc1cccs1. The number of likely N-dealkylation sites (tertiary alicyclic amines) is 1. The van der Waals surface area contributed by atoms with Crippen LogP contribution in [0.25, 0.3) is 0 Å². The van der Waals surface area contributed by atoms with E-state index >= 15 is 0 Å². The molecule has 2 aromatic heterocycles. The Morgan fingerprint density at radius 2 is 1.91 bits per heavy atom. The minimum Gasteiger partial charge on any atom is -0.356 e. The van der Waals surface area contributed by atoms with Crippen molar-refractivity contribution in [3.63, 3.8) is 0 Å². The summed E-state index contributed by atoms with van der Waals surface area (Å²) in [6, 6.07) is 5.80. The molecule has 1 unspecified atom stereocenters. The number of amides is 2. The van der Waals surface area contributed by atoms with Crippen molar-refractivity contribution in [1.82, 2.24) is 15.2 Å². The van der Waals surface area contributed by atoms with Crippen LogP contribution in [0, 0.1) is 0 Å². The van der Waals surface area contributed by atoms with Gasteiger partial charge in [0.1, 0.15) is 11.9 Å². The van der Waals surface area contributed by atoms with E-state index in [0.717, 1.165) is 23.6 Å². The zero-order valence-corrected chi connectivity index (χ0v) is 18.3. The van der Waals surface area contributed by atoms with Gasteiger partial charge < -0.3 is 15.1 Å². The van der Waals surface area contributed by atoms with Crippen molar-refractivity contribution in [3.05, 3.63) is 46.3 Å². The fraction of sp³-hybridized carbons (Fsp3) is 0.500. The van der Waals surface area contributed by atoms with Crippen LogP contribution in [-0.2, 0) is 22.2 Å². The Kier molecular flexibility index (Phi) is 6.68. The first-order valence-electron chi connectivity index (χ1n) is 10.7. The Bertz CT molecular complexity index is 926. The van der Waals surface area contributed by atoms with Crippen LogP contribution in [0.2, 0.25) is 0 Å². The van der Waals surface area contributed by atoms with E-state index < -0.39 is 17.8 Å². The standard InChI is InChI=1S/C22H25F3N4O2S/c23-22(24,25)15-5-6-19(26-14-15)28-10-7-16(8-11-28)27-21(31)18-4-1-9-29(18)20(30)13-17-3-2-12-32-17/h2-3,5-6,12,14,16,18H,1,4,7-11,13H2,(H,27,31). The number of thiophene rings is 1. The monoisotopic (exact) mass is 466 g/mol. The second-order valence-electron chi connectivity index (χ2n) is 8.17. The number of hydrogen-bond acceptors (Lipinski definition) is 5. The Morgan fingerprint density at radius 3 is 2.53 bits per heavy atom. The van der Waals surface area contributed by atoms with Crippen molar-refractivity contribution in [3.8, 4) is 0 Å². The number of nitrogens with one attached hydrogen (secondary N) is 1. The molecule has 2 amide bonds. The van der Waals surface area contributed by atoms with Gasteiger partial charge in [0, 0.05) is 36.8 Å². The Morgan fingerprint density at radius 1 is 1.12 bits per heavy atom. The second-order valence-corrected chi connectivity index (χ2v) is 9.21. The molecular formula is C22H25F3N4O2S. The molecule has 0 aromatic carbocycles. The maximum absolute atomic E-state index is 12.9. The second kappa shape index (κ2) is 9.48. The first-order chi connectivity index (χ1) is 15.3. The van der Waals surface area contributed by atoms with Crippen molar-refractivity contribution in [2.75, 3.05) is 24.5 Å². The Balaban J connectivity index is 1.28. The van der Waals surface area contributed by atoms with Crippen molar-refractivity contribution < 1.29 is 22.8 Å². The lowest BCUT2D eigenvalue weighted by atomic mass is 10.0. The van der Waals surface area contributed by atoms with E-state index in [0.29, 0.717) is 51.1 Å². The molecule has 2 aromatic rings. The minimum absolute atomic E-state index is 0.0201. The molecular weight excluding hydrogens is 441 g/mol. The number of nitrogens with zero attached hydrogens (tertiary/aromatic N) is 3. The van der Waals surface area contributed by atoms with E-state index in [1.807, 2.05) is 22.4 Å². The number of anilines is 1. The van der Waals surface area contributed by atoms with Crippen LogP contribution >= 0.6 is 11.3 Å². The van der Waals surface area contributed by atoms with Gasteiger partial charge in [0.2, 0.25) is 11.8 Å². The molecule has 2 aliphatic rings. The van der Waals surface area contributed by atoms with Crippen LogP contribution in [0.3, 0.4) is 0 Å². The molecule has 6 nitrogen and oxygen atoms in total. The maximum atomic E-state index is 12.9. The molecule has 32 heavy (non-hydrogen) atoms. The molecule has 1 N–H and O–H groups in total. The summed E-state index contributed by atoms with van der Waals surface area (Å²) in [5.41, 5.74) is -0.766. The van der Waals surface area contributed by atoms with Gasteiger partial charge in [-0.25, -0.2) is 4.98 Å². The first-order valence-corrected chi connectivity index (χ1v) is 11.6. The first kappa shape index (κ1) is 22.6. The molecule has 0 saturated carbocycles. The van der Waals surface area contributed by atoms with E-state index in [9.17, 15) is 22.8 Å². The fourth-order valence-corrected chi connectivity index (χ4v) is 4.99. The number of aromatic nitrogens is 1. The Hall–Kier alpha value is -2.62. The van der Waals surface area contributed by atoms with Gasteiger partial charge in [0.15, 0.2) is 0 Å². The number of pyridine rings is 1. The average molecular weight is 467 g/mol. The highest BCUT2D eigenvalue weighted by atomic mass is 32.1. The van der Waals surface area contributed by atoms with Gasteiger partial charge in [-0.1, -0.05) is 6.07 Å². The highest BCUT2D eigenvalue weighted by Gasteiger charge is 2.35. The summed E-state index contributed by atoms with van der Waals surface area (Å²) >= 11 is 1.53. The number of halogens is 3. The van der Waals surface area contributed by atoms with E-state index in [2.05, 4.69) is 10.3 Å². The average Bonchev–Trinajstić information content (AvgIpc) is 3.46. The normalized spacial score (nSPS) is 19.9. The summed E-state index contributed by atoms with van der Waals surface area (Å²) < 4.78 is 38.1. The van der Waals surface area contributed by atoms with E-state index in [1.54, 1.807) is 4.90 Å². The maximum Gasteiger partial charge on any atom is 0.417 e. The predicted octanol–water partition coefficient (Wildman–Crippen LogP) is 3.48. The van der Waals surface area contributed by atoms with Gasteiger partial charge in [0.25, 0.3) is 0 Å². The van der Waals surface area contributed by atoms with Crippen LogP contribution in [0.4, 0.5) is 19.0 Å². The number of hydrogen-bond donors (Lipinski definition) is 1. The van der Waals surface area contributed by atoms with Gasteiger partial charge >= 0.3 is 6.18 Å². The molecule has 4 rings (SSSR count). The van der Waals surface area contributed by atoms with Crippen molar-refractivity contribution in [2.45, 2.75) is 50.4 Å². The lowest BCUT2D eigenvalue weighted by Gasteiger charge is -2.34. The lowest BCUT2D eigenvalue weighted by molar-refractivity contribution is -0.138. The molecule has 0 bridgehead atoms. The topological polar surface area (TPSA) is 65.5 Å². The lowest BCUT2D eigenvalue weighted by Crippen LogP contribution is -2.51. The van der Waals surface area contributed by atoms with Crippen LogP contribution in [0.5, 0.6) is 0 Å². The molecule has 2 saturated heterocycles. The summed E-state index contributed by atoms with van der Waals surface area (Å²) in [6.07, 6.45) is -0.412. The molecule has 172 valence electrons. The van der Waals surface area contributed by atoms with Gasteiger partial charge in [0.05, 0.1) is 12.0 Å². The summed E-state index contributed by atoms with van der Waals surface area (Å²) in [5, 5.41) is 5.01. The molecule has 0 spiro atoms. The molecule has 4 heterocycles. The van der Waals surface area contributed by atoms with Gasteiger partial charge in [-0.2, -0.15) is 13.2 Å². The molecule has 2 fully saturated rings. The fourth-order valence-electron chi connectivity index (χ4n) is 4.29. The Labute approximate surface area is 188 Å². The smallest absolute Gasteiger partial charge is 0.356 e.